The number of unbranched alkanes of at least 4 members (excludes halogenated alkanes) is 9. The first-order valence-corrected chi connectivity index (χ1v) is 7.70. The van der Waals surface area contributed by atoms with Crippen molar-refractivity contribution < 1.29 is 9.90 Å². The van der Waals surface area contributed by atoms with Crippen LogP contribution in [-0.4, -0.2) is 83.3 Å². The van der Waals surface area contributed by atoms with Gasteiger partial charge in [0.2, 0.25) is 0 Å². The van der Waals surface area contributed by atoms with Crippen LogP contribution in [0.1, 0.15) is 77.6 Å². The van der Waals surface area contributed by atoms with Crippen molar-refractivity contribution in [3.63, 3.8) is 0 Å². The van der Waals surface area contributed by atoms with Crippen molar-refractivity contribution in [2.75, 3.05) is 13.1 Å². The summed E-state index contributed by atoms with van der Waals surface area (Å²) >= 11 is 0. The molecule has 20 heavy (non-hydrogen) atoms. The van der Waals surface area contributed by atoms with Gasteiger partial charge in [-0.05, 0) is 13.0 Å². The Labute approximate surface area is 169 Å². The van der Waals surface area contributed by atoms with Gasteiger partial charge < -0.3 is 10.4 Å². The summed E-state index contributed by atoms with van der Waals surface area (Å²) in [5.74, 6) is -0.717. The topological polar surface area (TPSA) is 49.3 Å². The Hall–Kier alpha value is 1.43. The third-order valence-electron chi connectivity index (χ3n) is 3.22. The third-order valence-corrected chi connectivity index (χ3v) is 3.22. The number of hydrogen-bond donors (Lipinski definition) is 2. The maximum absolute atomic E-state index is 10.3. The number of carboxylic acid groups (broad SMARTS) is 1. The Morgan fingerprint density at radius 2 is 1.25 bits per heavy atom. The fourth-order valence-corrected chi connectivity index (χ4v) is 2.06. The number of nitrogens with one attached hydrogen (secondary N) is 1. The van der Waals surface area contributed by atoms with E-state index in [2.05, 4.69) is 12.2 Å². The van der Waals surface area contributed by atoms with Gasteiger partial charge >= 0.3 is 65.1 Å². The zero-order valence-corrected chi connectivity index (χ0v) is 12.0. The predicted molar refractivity (Wildman–Crippen MR) is 91.3 cm³/mol. The van der Waals surface area contributed by atoms with Gasteiger partial charge in [0.05, 0.1) is 6.42 Å². The number of carbonyl (C=O) groups is 1. The van der Waals surface area contributed by atoms with Crippen molar-refractivity contribution in [2.45, 2.75) is 77.6 Å². The van der Waals surface area contributed by atoms with Crippen molar-refractivity contribution >= 4 is 65.1 Å². The number of hydrogen-bond acceptors (Lipinski definition) is 2. The molecular formula is C15H33NNa2O2. The molecule has 112 valence electrons. The van der Waals surface area contributed by atoms with Gasteiger partial charge in [-0.25, -0.2) is 0 Å². The molecule has 0 spiro atoms. The van der Waals surface area contributed by atoms with Gasteiger partial charge in [-0.3, -0.25) is 4.79 Å². The van der Waals surface area contributed by atoms with Gasteiger partial charge in [-0.2, -0.15) is 0 Å². The fraction of sp³-hybridized carbons (Fsp3) is 0.933. The number of carboxylic acids is 1. The maximum atomic E-state index is 10.3. The van der Waals surface area contributed by atoms with Crippen molar-refractivity contribution in [2.24, 2.45) is 0 Å². The SMILES string of the molecule is CCCCCCCCCCCCNCCC(=O)O.[NaH].[NaH]. The molecule has 0 radical (unpaired) electrons. The number of rotatable bonds is 14. The van der Waals surface area contributed by atoms with Crippen LogP contribution in [-0.2, 0) is 4.79 Å². The Kier molecular flexibility index (Phi) is 29.9. The molecule has 0 aliphatic carbocycles. The van der Waals surface area contributed by atoms with E-state index in [-0.39, 0.29) is 65.5 Å². The molecule has 0 bridgehead atoms. The quantitative estimate of drug-likeness (QED) is 0.383. The Bertz CT molecular complexity index is 193. The molecule has 5 heteroatoms. The summed E-state index contributed by atoms with van der Waals surface area (Å²) in [7, 11) is 0. The van der Waals surface area contributed by atoms with Crippen LogP contribution in [0.25, 0.3) is 0 Å². The van der Waals surface area contributed by atoms with E-state index in [0.717, 1.165) is 6.54 Å². The van der Waals surface area contributed by atoms with Crippen LogP contribution in [0.5, 0.6) is 0 Å². The molecule has 0 aromatic carbocycles. The van der Waals surface area contributed by atoms with Gasteiger partial charge in [-0.1, -0.05) is 64.7 Å². The van der Waals surface area contributed by atoms with Crippen molar-refractivity contribution in [3.8, 4) is 0 Å². The summed E-state index contributed by atoms with van der Waals surface area (Å²) in [5, 5.41) is 11.6. The van der Waals surface area contributed by atoms with Gasteiger partial charge in [0.15, 0.2) is 0 Å². The van der Waals surface area contributed by atoms with E-state index < -0.39 is 5.97 Å². The standard InChI is InChI=1S/C15H31NO2.2Na.2H/c1-2-3-4-5-6-7-8-9-10-11-13-16-14-12-15(17)18;;;;/h16H,2-14H2,1H3,(H,17,18);;;;. The van der Waals surface area contributed by atoms with Gasteiger partial charge in [0.25, 0.3) is 0 Å². The number of aliphatic carboxylic acids is 1. The minimum atomic E-state index is -0.717. The van der Waals surface area contributed by atoms with E-state index in [1.165, 1.54) is 64.2 Å². The molecule has 0 amide bonds. The molecule has 0 saturated heterocycles. The molecule has 0 rings (SSSR count). The van der Waals surface area contributed by atoms with Crippen molar-refractivity contribution in [1.82, 2.24) is 5.32 Å². The van der Waals surface area contributed by atoms with Gasteiger partial charge in [0, 0.05) is 6.54 Å². The predicted octanol–water partition coefficient (Wildman–Crippen LogP) is 2.67. The molecule has 0 saturated carbocycles. The molecule has 0 aromatic rings. The average Bonchev–Trinajstić information content (AvgIpc) is 2.34. The molecule has 0 fully saturated rings. The fourth-order valence-electron chi connectivity index (χ4n) is 2.06. The summed E-state index contributed by atoms with van der Waals surface area (Å²) in [6.07, 6.45) is 13.7. The first-order chi connectivity index (χ1) is 8.77. The molecule has 0 aliphatic rings. The van der Waals surface area contributed by atoms with Crippen LogP contribution >= 0.6 is 0 Å². The molecule has 0 aromatic heterocycles. The molecule has 2 N–H and O–H groups in total. The zero-order chi connectivity index (χ0) is 13.5. The second-order valence-electron chi connectivity index (χ2n) is 5.08. The summed E-state index contributed by atoms with van der Waals surface area (Å²) in [6.45, 7) is 3.82. The van der Waals surface area contributed by atoms with E-state index in [4.69, 9.17) is 5.11 Å². The van der Waals surface area contributed by atoms with E-state index in [1.807, 2.05) is 0 Å². The summed E-state index contributed by atoms with van der Waals surface area (Å²) in [6, 6.07) is 0. The zero-order valence-electron chi connectivity index (χ0n) is 12.0. The monoisotopic (exact) mass is 305 g/mol. The van der Waals surface area contributed by atoms with E-state index in [9.17, 15) is 4.79 Å². The average molecular weight is 305 g/mol. The normalized spacial score (nSPS) is 9.65. The van der Waals surface area contributed by atoms with Crippen molar-refractivity contribution in [3.05, 3.63) is 0 Å². The van der Waals surface area contributed by atoms with Crippen LogP contribution < -0.4 is 5.32 Å². The van der Waals surface area contributed by atoms with Crippen LogP contribution in [0.2, 0.25) is 0 Å². The molecule has 0 atom stereocenters. The van der Waals surface area contributed by atoms with Crippen LogP contribution in [0, 0.1) is 0 Å². The Balaban J connectivity index is -0.00000144. The molecule has 0 unspecified atom stereocenters. The second kappa shape index (κ2) is 22.7. The molecule has 3 nitrogen and oxygen atoms in total. The first kappa shape index (κ1) is 26.3. The first-order valence-electron chi connectivity index (χ1n) is 7.70. The van der Waals surface area contributed by atoms with E-state index in [1.54, 1.807) is 0 Å². The third kappa shape index (κ3) is 24.4. The van der Waals surface area contributed by atoms with Crippen LogP contribution in [0.4, 0.5) is 0 Å². The molecular weight excluding hydrogens is 272 g/mol. The van der Waals surface area contributed by atoms with Crippen molar-refractivity contribution in [1.29, 1.82) is 0 Å². The van der Waals surface area contributed by atoms with E-state index in [0.29, 0.717) is 6.54 Å². The summed E-state index contributed by atoms with van der Waals surface area (Å²) in [4.78, 5) is 10.3. The summed E-state index contributed by atoms with van der Waals surface area (Å²) in [5.41, 5.74) is 0. The van der Waals surface area contributed by atoms with Crippen LogP contribution in [0.15, 0.2) is 0 Å². The summed E-state index contributed by atoms with van der Waals surface area (Å²) < 4.78 is 0. The van der Waals surface area contributed by atoms with Gasteiger partial charge in [-0.15, -0.1) is 0 Å². The van der Waals surface area contributed by atoms with Crippen LogP contribution in [0.3, 0.4) is 0 Å². The van der Waals surface area contributed by atoms with E-state index >= 15 is 0 Å². The minimum absolute atomic E-state index is 0. The Morgan fingerprint density at radius 3 is 1.70 bits per heavy atom. The van der Waals surface area contributed by atoms with Gasteiger partial charge in [0.1, 0.15) is 0 Å². The molecule has 0 heterocycles. The molecule has 0 aliphatic heterocycles. The second-order valence-corrected chi connectivity index (χ2v) is 5.08. The Morgan fingerprint density at radius 1 is 0.800 bits per heavy atom.